The summed E-state index contributed by atoms with van der Waals surface area (Å²) in [5, 5.41) is 14.9. The molecular formula is C16H16F3N3O3. The van der Waals surface area contributed by atoms with Crippen molar-refractivity contribution in [2.45, 2.75) is 32.1 Å². The highest BCUT2D eigenvalue weighted by Gasteiger charge is 2.33. The third kappa shape index (κ3) is 5.07. The predicted molar refractivity (Wildman–Crippen MR) is 81.5 cm³/mol. The number of benzene rings is 1. The molecule has 2 rings (SSSR count). The lowest BCUT2D eigenvalue weighted by atomic mass is 9.99. The van der Waals surface area contributed by atoms with Gasteiger partial charge in [-0.3, -0.25) is 14.3 Å². The number of nitrogens with one attached hydrogen (secondary N) is 1. The van der Waals surface area contributed by atoms with Crippen LogP contribution in [-0.4, -0.2) is 26.8 Å². The SMILES string of the molecule is Cc1ccccc1C(CC(=O)O)NC(=O)Cn1ccc(C(F)(F)F)n1. The maximum absolute atomic E-state index is 12.5. The third-order valence-electron chi connectivity index (χ3n) is 3.51. The molecule has 0 aliphatic rings. The summed E-state index contributed by atoms with van der Waals surface area (Å²) in [5.74, 6) is -1.74. The fourth-order valence-corrected chi connectivity index (χ4v) is 2.38. The Hall–Kier alpha value is -2.84. The third-order valence-corrected chi connectivity index (χ3v) is 3.51. The van der Waals surface area contributed by atoms with E-state index in [1.54, 1.807) is 31.2 Å². The number of hydrogen-bond acceptors (Lipinski definition) is 3. The molecule has 1 unspecified atom stereocenters. The van der Waals surface area contributed by atoms with Gasteiger partial charge < -0.3 is 10.4 Å². The number of amides is 1. The van der Waals surface area contributed by atoms with Gasteiger partial charge in [-0.2, -0.15) is 18.3 Å². The van der Waals surface area contributed by atoms with Gasteiger partial charge in [0.25, 0.3) is 0 Å². The van der Waals surface area contributed by atoms with E-state index in [-0.39, 0.29) is 6.42 Å². The molecular weight excluding hydrogens is 339 g/mol. The van der Waals surface area contributed by atoms with Crippen LogP contribution in [0.2, 0.25) is 0 Å². The summed E-state index contributed by atoms with van der Waals surface area (Å²) in [6.07, 6.45) is -3.89. The molecule has 0 aliphatic carbocycles. The second-order valence-electron chi connectivity index (χ2n) is 5.47. The zero-order valence-electron chi connectivity index (χ0n) is 13.2. The summed E-state index contributed by atoms with van der Waals surface area (Å²) >= 11 is 0. The quantitative estimate of drug-likeness (QED) is 0.834. The Labute approximate surface area is 141 Å². The molecule has 1 atom stereocenters. The number of nitrogens with zero attached hydrogens (tertiary/aromatic N) is 2. The standard InChI is InChI=1S/C16H16F3N3O3/c1-10-4-2-3-5-11(10)12(8-15(24)25)20-14(23)9-22-7-6-13(21-22)16(17,18)19/h2-7,12H,8-9H2,1H3,(H,20,23)(H,24,25). The van der Waals surface area contributed by atoms with E-state index >= 15 is 0 Å². The monoisotopic (exact) mass is 355 g/mol. The number of aryl methyl sites for hydroxylation is 1. The second-order valence-corrected chi connectivity index (χ2v) is 5.47. The molecule has 6 nitrogen and oxygen atoms in total. The molecule has 0 radical (unpaired) electrons. The molecule has 1 aromatic carbocycles. The van der Waals surface area contributed by atoms with E-state index in [2.05, 4.69) is 10.4 Å². The number of carboxylic acid groups (broad SMARTS) is 1. The fourth-order valence-electron chi connectivity index (χ4n) is 2.38. The lowest BCUT2D eigenvalue weighted by molar-refractivity contribution is -0.142. The Bertz CT molecular complexity index is 771. The number of carboxylic acids is 1. The van der Waals surface area contributed by atoms with Crippen molar-refractivity contribution in [1.82, 2.24) is 15.1 Å². The van der Waals surface area contributed by atoms with E-state index in [4.69, 9.17) is 5.11 Å². The van der Waals surface area contributed by atoms with Crippen LogP contribution in [0.25, 0.3) is 0 Å². The number of alkyl halides is 3. The Morgan fingerprint density at radius 2 is 1.96 bits per heavy atom. The van der Waals surface area contributed by atoms with E-state index < -0.39 is 36.3 Å². The van der Waals surface area contributed by atoms with Crippen LogP contribution in [0.5, 0.6) is 0 Å². The topological polar surface area (TPSA) is 84.2 Å². The largest absolute Gasteiger partial charge is 0.481 e. The maximum Gasteiger partial charge on any atom is 0.435 e. The van der Waals surface area contributed by atoms with Crippen LogP contribution in [0.4, 0.5) is 13.2 Å². The van der Waals surface area contributed by atoms with Gasteiger partial charge in [-0.05, 0) is 24.1 Å². The number of carbonyl (C=O) groups is 2. The Morgan fingerprint density at radius 3 is 2.52 bits per heavy atom. The zero-order valence-corrected chi connectivity index (χ0v) is 13.2. The first-order chi connectivity index (χ1) is 11.7. The molecule has 1 aromatic heterocycles. The minimum atomic E-state index is -4.59. The van der Waals surface area contributed by atoms with Gasteiger partial charge in [0.05, 0.1) is 12.5 Å². The highest BCUT2D eigenvalue weighted by Crippen LogP contribution is 2.27. The highest BCUT2D eigenvalue weighted by molar-refractivity contribution is 5.77. The summed E-state index contributed by atoms with van der Waals surface area (Å²) in [4.78, 5) is 23.2. The molecule has 25 heavy (non-hydrogen) atoms. The number of carbonyl (C=O) groups excluding carboxylic acids is 1. The average Bonchev–Trinajstić information content (AvgIpc) is 2.95. The van der Waals surface area contributed by atoms with Crippen molar-refractivity contribution in [2.75, 3.05) is 0 Å². The van der Waals surface area contributed by atoms with E-state index in [1.165, 1.54) is 0 Å². The van der Waals surface area contributed by atoms with Gasteiger partial charge in [-0.25, -0.2) is 0 Å². The van der Waals surface area contributed by atoms with Crippen molar-refractivity contribution >= 4 is 11.9 Å². The van der Waals surface area contributed by atoms with Crippen molar-refractivity contribution in [2.24, 2.45) is 0 Å². The molecule has 1 amide bonds. The molecule has 0 bridgehead atoms. The summed E-state index contributed by atoms with van der Waals surface area (Å²) in [5.41, 5.74) is 0.337. The van der Waals surface area contributed by atoms with Crippen molar-refractivity contribution in [1.29, 1.82) is 0 Å². The molecule has 1 heterocycles. The van der Waals surface area contributed by atoms with Crippen molar-refractivity contribution in [3.05, 3.63) is 53.3 Å². The molecule has 0 saturated carbocycles. The number of rotatable bonds is 6. The molecule has 2 aromatic rings. The molecule has 9 heteroatoms. The van der Waals surface area contributed by atoms with Gasteiger partial charge in [-0.1, -0.05) is 24.3 Å². The molecule has 0 saturated heterocycles. The van der Waals surface area contributed by atoms with E-state index in [1.807, 2.05) is 0 Å². The number of halogens is 3. The minimum absolute atomic E-state index is 0.344. The smallest absolute Gasteiger partial charge is 0.435 e. The average molecular weight is 355 g/mol. The normalized spacial score (nSPS) is 12.6. The van der Waals surface area contributed by atoms with Gasteiger partial charge in [0.15, 0.2) is 5.69 Å². The maximum atomic E-state index is 12.5. The highest BCUT2D eigenvalue weighted by atomic mass is 19.4. The molecule has 0 spiro atoms. The van der Waals surface area contributed by atoms with Crippen LogP contribution in [0.1, 0.15) is 29.3 Å². The first-order valence-electron chi connectivity index (χ1n) is 7.34. The molecule has 0 fully saturated rings. The van der Waals surface area contributed by atoms with E-state index in [0.717, 1.165) is 22.5 Å². The van der Waals surface area contributed by atoms with Crippen molar-refractivity contribution in [3.8, 4) is 0 Å². The van der Waals surface area contributed by atoms with E-state index in [9.17, 15) is 22.8 Å². The fraction of sp³-hybridized carbons (Fsp3) is 0.312. The Kier molecular flexibility index (Phi) is 5.45. The summed E-state index contributed by atoms with van der Waals surface area (Å²) < 4.78 is 38.4. The van der Waals surface area contributed by atoms with Crippen molar-refractivity contribution in [3.63, 3.8) is 0 Å². The van der Waals surface area contributed by atoms with Gasteiger partial charge in [0.1, 0.15) is 6.54 Å². The lowest BCUT2D eigenvalue weighted by Gasteiger charge is -2.19. The van der Waals surface area contributed by atoms with Crippen LogP contribution in [0.3, 0.4) is 0 Å². The Balaban J connectivity index is 2.11. The number of hydrogen-bond donors (Lipinski definition) is 2. The lowest BCUT2D eigenvalue weighted by Crippen LogP contribution is -2.33. The first-order valence-corrected chi connectivity index (χ1v) is 7.34. The zero-order chi connectivity index (χ0) is 18.6. The number of aliphatic carboxylic acids is 1. The summed E-state index contributed by atoms with van der Waals surface area (Å²) in [6, 6.07) is 6.94. The van der Waals surface area contributed by atoms with Crippen LogP contribution in [0.15, 0.2) is 36.5 Å². The van der Waals surface area contributed by atoms with E-state index in [0.29, 0.717) is 5.56 Å². The minimum Gasteiger partial charge on any atom is -0.481 e. The van der Waals surface area contributed by atoms with Crippen LogP contribution < -0.4 is 5.32 Å². The molecule has 134 valence electrons. The Morgan fingerprint density at radius 1 is 1.28 bits per heavy atom. The van der Waals surface area contributed by atoms with Crippen LogP contribution >= 0.6 is 0 Å². The van der Waals surface area contributed by atoms with Crippen LogP contribution in [-0.2, 0) is 22.3 Å². The predicted octanol–water partition coefficient (Wildman–Crippen LogP) is 2.54. The molecule has 0 aliphatic heterocycles. The van der Waals surface area contributed by atoms with Gasteiger partial charge in [-0.15, -0.1) is 0 Å². The van der Waals surface area contributed by atoms with Gasteiger partial charge in [0, 0.05) is 6.20 Å². The summed E-state index contributed by atoms with van der Waals surface area (Å²) in [6.45, 7) is 1.33. The van der Waals surface area contributed by atoms with Crippen LogP contribution in [0, 0.1) is 6.92 Å². The summed E-state index contributed by atoms with van der Waals surface area (Å²) in [7, 11) is 0. The van der Waals surface area contributed by atoms with Gasteiger partial charge in [0.2, 0.25) is 5.91 Å². The first kappa shape index (κ1) is 18.5. The van der Waals surface area contributed by atoms with Crippen molar-refractivity contribution < 1.29 is 27.9 Å². The number of aromatic nitrogens is 2. The second kappa shape index (κ2) is 7.37. The van der Waals surface area contributed by atoms with Gasteiger partial charge >= 0.3 is 12.1 Å². The molecule has 2 N–H and O–H groups in total.